The summed E-state index contributed by atoms with van der Waals surface area (Å²) in [5, 5.41) is 0. The van der Waals surface area contributed by atoms with Crippen LogP contribution in [0.4, 0.5) is 0 Å². The molecule has 0 aliphatic carbocycles. The minimum atomic E-state index is 0. The van der Waals surface area contributed by atoms with Crippen LogP contribution in [-0.4, -0.2) is 69.2 Å². The number of rotatable bonds is 0. The van der Waals surface area contributed by atoms with Gasteiger partial charge in [0.05, 0.1) is 0 Å². The van der Waals surface area contributed by atoms with Crippen LogP contribution in [0.25, 0.3) is 0 Å². The van der Waals surface area contributed by atoms with Crippen molar-refractivity contribution >= 4 is 69.2 Å². The Hall–Kier alpha value is 3.40. The Balaban J connectivity index is 0. The van der Waals surface area contributed by atoms with Crippen LogP contribution in [0.3, 0.4) is 0 Å². The Morgan fingerprint density at radius 3 is 1.00 bits per heavy atom. The summed E-state index contributed by atoms with van der Waals surface area (Å²) >= 11 is 0. The zero-order chi connectivity index (χ0) is 0. The molecule has 0 N–H and O–H groups in total. The van der Waals surface area contributed by atoms with Crippen LogP contribution < -0.4 is 0 Å². The van der Waals surface area contributed by atoms with Crippen molar-refractivity contribution in [1.82, 2.24) is 0 Å². The van der Waals surface area contributed by atoms with Gasteiger partial charge in [0.25, 0.3) is 0 Å². The van der Waals surface area contributed by atoms with Crippen molar-refractivity contribution in [3.8, 4) is 0 Å². The third-order valence-electron chi connectivity index (χ3n) is 0. The Kier molecular flexibility index (Phi) is 208. The van der Waals surface area contributed by atoms with Crippen molar-refractivity contribution in [3.63, 3.8) is 0 Å². The van der Waals surface area contributed by atoms with Crippen LogP contribution in [0.15, 0.2) is 0 Å². The maximum atomic E-state index is 0. The number of hydrogen-bond acceptors (Lipinski definition) is 0. The minimum absolute atomic E-state index is 0. The van der Waals surface area contributed by atoms with Crippen molar-refractivity contribution < 1.29 is 40.5 Å². The summed E-state index contributed by atoms with van der Waals surface area (Å²) in [5.41, 5.74) is 0. The Labute approximate surface area is 107 Å². The molecule has 0 aromatic heterocycles. The van der Waals surface area contributed by atoms with E-state index in [4.69, 9.17) is 0 Å². The van der Waals surface area contributed by atoms with E-state index in [2.05, 4.69) is 0 Å². The van der Waals surface area contributed by atoms with E-state index in [0.29, 0.717) is 0 Å². The van der Waals surface area contributed by atoms with E-state index < -0.39 is 0 Å². The van der Waals surface area contributed by atoms with E-state index in [-0.39, 0.29) is 110 Å². The topological polar surface area (TPSA) is 0 Å². The second kappa shape index (κ2) is 26.2. The van der Waals surface area contributed by atoms with Gasteiger partial charge in [-0.2, -0.15) is 0 Å². The molecule has 0 aromatic rings. The first kappa shape index (κ1) is 39.8. The van der Waals surface area contributed by atoms with Gasteiger partial charge in [-0.1, -0.05) is 0 Å². The minimum Gasteiger partial charge on any atom is 0 e. The molecule has 0 saturated carbocycles. The Morgan fingerprint density at radius 1 is 1.00 bits per heavy atom. The van der Waals surface area contributed by atoms with Crippen LogP contribution in [0.5, 0.6) is 0 Å². The third kappa shape index (κ3) is 18.7. The Bertz CT molecular complexity index is 11.6. The fraction of sp³-hybridized carbons (Fsp3) is 0. The smallest absolute Gasteiger partial charge is 0 e. The molecule has 0 rings (SSSR count). The van der Waals surface area contributed by atoms with Crippen molar-refractivity contribution in [1.29, 1.82) is 0 Å². The molecule has 0 aliphatic heterocycles. The normalized spacial score (nSPS) is 0. The predicted octanol–water partition coefficient (Wildman–Crippen LogP) is -1.15. The van der Waals surface area contributed by atoms with Crippen molar-refractivity contribution in [2.75, 3.05) is 0 Å². The van der Waals surface area contributed by atoms with Crippen molar-refractivity contribution in [2.24, 2.45) is 0 Å². The second-order valence-corrected chi connectivity index (χ2v) is 0. The molecule has 0 atom stereocenters. The molecule has 0 unspecified atom stereocenters. The maximum absolute atomic E-state index is 0. The van der Waals surface area contributed by atoms with Gasteiger partial charge in [-0.15, -0.1) is 0 Å². The average molecular weight is 237 g/mol. The molecule has 0 spiro atoms. The molecule has 0 nitrogen and oxygen atoms in total. The third-order valence-corrected chi connectivity index (χ3v) is 0. The summed E-state index contributed by atoms with van der Waals surface area (Å²) < 4.78 is 0. The van der Waals surface area contributed by atoms with E-state index in [1.54, 1.807) is 0 Å². The van der Waals surface area contributed by atoms with Gasteiger partial charge >= 0.3 is 0 Å². The molecule has 5 heavy (non-hydrogen) atoms. The standard InChI is InChI=1S/B.Ca.Mg.Mo.Zn. The van der Waals surface area contributed by atoms with Crippen LogP contribution in [0.2, 0.25) is 0 Å². The van der Waals surface area contributed by atoms with Gasteiger partial charge in [-0.25, -0.2) is 0 Å². The number of hydrogen-bond donors (Lipinski definition) is 0. The molecule has 0 aliphatic rings. The summed E-state index contributed by atoms with van der Waals surface area (Å²) in [4.78, 5) is 0. The van der Waals surface area contributed by atoms with Gasteiger partial charge in [-0.3, -0.25) is 0 Å². The van der Waals surface area contributed by atoms with Crippen molar-refractivity contribution in [3.05, 3.63) is 0 Å². The summed E-state index contributed by atoms with van der Waals surface area (Å²) in [6.45, 7) is 0. The van der Waals surface area contributed by atoms with Crippen LogP contribution >= 0.6 is 0 Å². The van der Waals surface area contributed by atoms with E-state index in [1.165, 1.54) is 0 Å². The molecule has 5 heteroatoms. The summed E-state index contributed by atoms with van der Waals surface area (Å²) in [6, 6.07) is 0. The molecular weight excluding hydrogens is 237 g/mol. The first-order chi connectivity index (χ1) is 0. The molecule has 0 aromatic carbocycles. The molecule has 0 saturated heterocycles. The van der Waals surface area contributed by atoms with Gasteiger partial charge < -0.3 is 0 Å². The molecule has 0 amide bonds. The van der Waals surface area contributed by atoms with E-state index in [9.17, 15) is 0 Å². The zero-order valence-corrected chi connectivity index (χ0v) is 11.7. The maximum Gasteiger partial charge on any atom is 0 e. The van der Waals surface area contributed by atoms with Gasteiger partial charge in [0.1, 0.15) is 0 Å². The quantitative estimate of drug-likeness (QED) is 0.466. The van der Waals surface area contributed by atoms with Gasteiger partial charge in [0.15, 0.2) is 0 Å². The van der Waals surface area contributed by atoms with Crippen LogP contribution in [-0.2, 0) is 40.5 Å². The molecule has 15 valence electrons. The summed E-state index contributed by atoms with van der Waals surface area (Å²) in [7, 11) is 0. The second-order valence-electron chi connectivity index (χ2n) is 0. The summed E-state index contributed by atoms with van der Waals surface area (Å²) in [6.07, 6.45) is 0. The zero-order valence-electron chi connectivity index (χ0n) is 3.11. The largest absolute Gasteiger partial charge is 0 e. The summed E-state index contributed by atoms with van der Waals surface area (Å²) in [5.74, 6) is 0. The van der Waals surface area contributed by atoms with Gasteiger partial charge in [0, 0.05) is 110 Å². The van der Waals surface area contributed by atoms with Crippen LogP contribution in [0, 0.1) is 0 Å². The average Bonchev–Trinajstić information content (AvgIpc) is 0. The fourth-order valence-corrected chi connectivity index (χ4v) is 0. The molecule has 0 heterocycles. The molecule has 0 fully saturated rings. The van der Waals surface area contributed by atoms with Crippen LogP contribution in [0.1, 0.15) is 0 Å². The monoisotopic (exact) mass is 237 g/mol. The van der Waals surface area contributed by atoms with Gasteiger partial charge in [0.2, 0.25) is 0 Å². The first-order valence-corrected chi connectivity index (χ1v) is 0. The fourth-order valence-electron chi connectivity index (χ4n) is 0. The Morgan fingerprint density at radius 2 is 1.00 bits per heavy atom. The van der Waals surface area contributed by atoms with E-state index in [0.717, 1.165) is 0 Å². The molecule has 0 bridgehead atoms. The predicted molar refractivity (Wildman–Crippen MR) is 17.3 cm³/mol. The first-order valence-electron chi connectivity index (χ1n) is 0. The molecule has 7 radical (unpaired) electrons. The van der Waals surface area contributed by atoms with Crippen molar-refractivity contribution in [2.45, 2.75) is 0 Å². The van der Waals surface area contributed by atoms with E-state index >= 15 is 0 Å². The van der Waals surface area contributed by atoms with E-state index in [1.807, 2.05) is 0 Å². The molecular formula is BCaMgMoZn. The SMILES string of the molecule is [B].[Ca].[Mg].[Mo].[Zn]. The van der Waals surface area contributed by atoms with Gasteiger partial charge in [-0.05, 0) is 0 Å².